The van der Waals surface area contributed by atoms with Crippen molar-refractivity contribution in [1.82, 2.24) is 0 Å². The molecule has 2 rings (SSSR count). The lowest BCUT2D eigenvalue weighted by atomic mass is 9.89. The lowest BCUT2D eigenvalue weighted by molar-refractivity contribution is 0.0230. The topological polar surface area (TPSA) is 52.6 Å². The molecule has 0 saturated heterocycles. The highest BCUT2D eigenvalue weighted by Crippen LogP contribution is 2.22. The summed E-state index contributed by atoms with van der Waals surface area (Å²) < 4.78 is 11.2. The summed E-state index contributed by atoms with van der Waals surface area (Å²) >= 11 is 0. The van der Waals surface area contributed by atoms with Crippen molar-refractivity contribution in [1.29, 1.82) is 0 Å². The first kappa shape index (κ1) is 28.6. The first-order valence-corrected chi connectivity index (χ1v) is 13.6. The number of benzene rings is 2. The zero-order chi connectivity index (χ0) is 25.1. The number of carbonyl (C=O) groups excluding carboxylic acids is 2. The van der Waals surface area contributed by atoms with Gasteiger partial charge in [0.2, 0.25) is 0 Å². The Morgan fingerprint density at radius 1 is 0.629 bits per heavy atom. The summed E-state index contributed by atoms with van der Waals surface area (Å²) in [5.74, 6) is -0.353. The predicted octanol–water partition coefficient (Wildman–Crippen LogP) is 8.26. The fourth-order valence-corrected chi connectivity index (χ4v) is 4.27. The molecule has 2 unspecified atom stereocenters. The van der Waals surface area contributed by atoms with Crippen LogP contribution in [0.25, 0.3) is 0 Å². The molecule has 0 N–H and O–H groups in total. The second-order valence-electron chi connectivity index (χ2n) is 9.64. The minimum absolute atomic E-state index is 0.102. The van der Waals surface area contributed by atoms with Crippen LogP contribution in [0.2, 0.25) is 0 Å². The average molecular weight is 481 g/mol. The fourth-order valence-electron chi connectivity index (χ4n) is 4.27. The van der Waals surface area contributed by atoms with E-state index in [0.717, 1.165) is 12.8 Å². The van der Waals surface area contributed by atoms with Crippen molar-refractivity contribution < 1.29 is 19.1 Å². The number of carbonyl (C=O) groups is 2. The SMILES string of the molecule is CCCCCCCCCCCCC(COC(=O)c1ccccc1)C(C)COC(=O)c1ccccc1. The molecule has 0 aliphatic heterocycles. The van der Waals surface area contributed by atoms with Crippen LogP contribution in [0.5, 0.6) is 0 Å². The van der Waals surface area contributed by atoms with Gasteiger partial charge in [-0.15, -0.1) is 0 Å². The molecule has 0 aliphatic carbocycles. The molecule has 0 bridgehead atoms. The third-order valence-electron chi connectivity index (χ3n) is 6.66. The van der Waals surface area contributed by atoms with Crippen LogP contribution in [0.1, 0.15) is 105 Å². The van der Waals surface area contributed by atoms with Gasteiger partial charge >= 0.3 is 11.9 Å². The molecule has 0 heterocycles. The van der Waals surface area contributed by atoms with E-state index < -0.39 is 0 Å². The van der Waals surface area contributed by atoms with Crippen molar-refractivity contribution >= 4 is 11.9 Å². The Bertz CT molecular complexity index is 818. The molecule has 2 atom stereocenters. The van der Waals surface area contributed by atoms with E-state index in [1.165, 1.54) is 57.8 Å². The van der Waals surface area contributed by atoms with Crippen molar-refractivity contribution in [3.8, 4) is 0 Å². The van der Waals surface area contributed by atoms with E-state index in [4.69, 9.17) is 9.47 Å². The van der Waals surface area contributed by atoms with Crippen molar-refractivity contribution in [2.75, 3.05) is 13.2 Å². The minimum atomic E-state index is -0.309. The van der Waals surface area contributed by atoms with E-state index in [1.54, 1.807) is 24.3 Å². The summed E-state index contributed by atoms with van der Waals surface area (Å²) in [4.78, 5) is 24.8. The number of hydrogen-bond donors (Lipinski definition) is 0. The van der Waals surface area contributed by atoms with E-state index in [-0.39, 0.29) is 23.8 Å². The zero-order valence-electron chi connectivity index (χ0n) is 21.8. The predicted molar refractivity (Wildman–Crippen MR) is 143 cm³/mol. The Morgan fingerprint density at radius 2 is 1.06 bits per heavy atom. The molecule has 0 aliphatic rings. The maximum Gasteiger partial charge on any atom is 0.338 e. The summed E-state index contributed by atoms with van der Waals surface area (Å²) in [5.41, 5.74) is 1.12. The van der Waals surface area contributed by atoms with Crippen molar-refractivity contribution in [3.63, 3.8) is 0 Å². The number of hydrogen-bond acceptors (Lipinski definition) is 4. The van der Waals surface area contributed by atoms with Crippen LogP contribution in [-0.4, -0.2) is 25.2 Å². The summed E-state index contributed by atoms with van der Waals surface area (Å²) in [6.45, 7) is 4.99. The summed E-state index contributed by atoms with van der Waals surface area (Å²) in [6.07, 6.45) is 13.9. The van der Waals surface area contributed by atoms with Crippen LogP contribution in [0.15, 0.2) is 60.7 Å². The number of rotatable bonds is 18. The molecule has 2 aromatic carbocycles. The number of esters is 2. The largest absolute Gasteiger partial charge is 0.462 e. The fraction of sp³-hybridized carbons (Fsp3) is 0.548. The highest BCUT2D eigenvalue weighted by Gasteiger charge is 2.21. The molecule has 0 radical (unpaired) electrons. The molecule has 2 aromatic rings. The first-order valence-electron chi connectivity index (χ1n) is 13.6. The monoisotopic (exact) mass is 480 g/mol. The Kier molecular flexibility index (Phi) is 14.5. The van der Waals surface area contributed by atoms with Gasteiger partial charge in [-0.3, -0.25) is 0 Å². The van der Waals surface area contributed by atoms with E-state index in [2.05, 4.69) is 13.8 Å². The smallest absolute Gasteiger partial charge is 0.338 e. The molecule has 0 saturated carbocycles. The molecule has 0 aromatic heterocycles. The van der Waals surface area contributed by atoms with E-state index >= 15 is 0 Å². The van der Waals surface area contributed by atoms with Gasteiger partial charge in [0.15, 0.2) is 0 Å². The summed E-state index contributed by atoms with van der Waals surface area (Å²) in [7, 11) is 0. The van der Waals surface area contributed by atoms with Gasteiger partial charge in [-0.25, -0.2) is 9.59 Å². The number of ether oxygens (including phenoxy) is 2. The summed E-state index contributed by atoms with van der Waals surface area (Å²) in [5, 5.41) is 0. The van der Waals surface area contributed by atoms with Gasteiger partial charge in [0.05, 0.1) is 24.3 Å². The van der Waals surface area contributed by atoms with Gasteiger partial charge in [-0.2, -0.15) is 0 Å². The Morgan fingerprint density at radius 3 is 1.54 bits per heavy atom. The van der Waals surface area contributed by atoms with Crippen LogP contribution in [-0.2, 0) is 9.47 Å². The van der Waals surface area contributed by atoms with Crippen molar-refractivity contribution in [3.05, 3.63) is 71.8 Å². The van der Waals surface area contributed by atoms with Crippen molar-refractivity contribution in [2.24, 2.45) is 11.8 Å². The lowest BCUT2D eigenvalue weighted by Gasteiger charge is -2.24. The summed E-state index contributed by atoms with van der Waals surface area (Å²) in [6, 6.07) is 18.2. The Balaban J connectivity index is 1.77. The Labute approximate surface area is 212 Å². The third-order valence-corrected chi connectivity index (χ3v) is 6.66. The van der Waals surface area contributed by atoms with Crippen molar-refractivity contribution in [2.45, 2.75) is 84.5 Å². The van der Waals surface area contributed by atoms with Crippen LogP contribution in [0, 0.1) is 11.8 Å². The van der Waals surface area contributed by atoms with Gasteiger partial charge < -0.3 is 9.47 Å². The molecule has 4 nitrogen and oxygen atoms in total. The standard InChI is InChI=1S/C31H44O4/c1-3-4-5-6-7-8-9-10-11-14-23-29(25-35-31(33)28-21-17-13-18-22-28)26(2)24-34-30(32)27-19-15-12-16-20-27/h12-13,15-22,26,29H,3-11,14,23-25H2,1-2H3. The average Bonchev–Trinajstić information content (AvgIpc) is 2.90. The number of unbranched alkanes of at least 4 members (excludes halogenated alkanes) is 9. The second-order valence-corrected chi connectivity index (χ2v) is 9.64. The molecular weight excluding hydrogens is 436 g/mol. The molecule has 0 fully saturated rings. The van der Waals surface area contributed by atoms with Crippen LogP contribution in [0.3, 0.4) is 0 Å². The lowest BCUT2D eigenvalue weighted by Crippen LogP contribution is -2.25. The third kappa shape index (κ3) is 12.1. The van der Waals surface area contributed by atoms with Gasteiger partial charge in [-0.05, 0) is 42.5 Å². The van der Waals surface area contributed by atoms with E-state index in [9.17, 15) is 9.59 Å². The Hall–Kier alpha value is -2.62. The minimum Gasteiger partial charge on any atom is -0.462 e. The molecule has 35 heavy (non-hydrogen) atoms. The van der Waals surface area contributed by atoms with Gasteiger partial charge in [0, 0.05) is 0 Å². The van der Waals surface area contributed by atoms with Gasteiger partial charge in [0.25, 0.3) is 0 Å². The van der Waals surface area contributed by atoms with Gasteiger partial charge in [-0.1, -0.05) is 114 Å². The van der Waals surface area contributed by atoms with E-state index in [1.807, 2.05) is 36.4 Å². The highest BCUT2D eigenvalue weighted by atomic mass is 16.5. The molecule has 0 spiro atoms. The molecule has 192 valence electrons. The normalized spacial score (nSPS) is 12.6. The quantitative estimate of drug-likeness (QED) is 0.159. The first-order chi connectivity index (χ1) is 17.1. The maximum absolute atomic E-state index is 12.5. The van der Waals surface area contributed by atoms with Gasteiger partial charge in [0.1, 0.15) is 0 Å². The van der Waals surface area contributed by atoms with Crippen LogP contribution in [0.4, 0.5) is 0 Å². The molecule has 0 amide bonds. The van der Waals surface area contributed by atoms with Crippen LogP contribution >= 0.6 is 0 Å². The molecule has 4 heteroatoms. The highest BCUT2D eigenvalue weighted by molar-refractivity contribution is 5.89. The molecular formula is C31H44O4. The maximum atomic E-state index is 12.5. The zero-order valence-corrected chi connectivity index (χ0v) is 21.8. The van der Waals surface area contributed by atoms with E-state index in [0.29, 0.717) is 24.3 Å². The second kappa shape index (κ2) is 17.8. The van der Waals surface area contributed by atoms with Crippen LogP contribution < -0.4 is 0 Å².